The minimum atomic E-state index is -0.625. The first kappa shape index (κ1) is 11.3. The molecule has 0 aromatic heterocycles. The largest absolute Gasteiger partial charge is 0.388 e. The van der Waals surface area contributed by atoms with Crippen LogP contribution in [-0.2, 0) is 4.79 Å². The van der Waals surface area contributed by atoms with E-state index in [0.29, 0.717) is 16.9 Å². The number of hydrogen-bond acceptors (Lipinski definition) is 3. The summed E-state index contributed by atoms with van der Waals surface area (Å²) < 4.78 is 0. The third kappa shape index (κ3) is 2.02. The molecule has 2 aliphatic rings. The van der Waals surface area contributed by atoms with E-state index >= 15 is 0 Å². The van der Waals surface area contributed by atoms with Gasteiger partial charge in [-0.05, 0) is 18.4 Å². The maximum atomic E-state index is 12.1. The summed E-state index contributed by atoms with van der Waals surface area (Å²) in [6.45, 7) is 0. The van der Waals surface area contributed by atoms with Gasteiger partial charge >= 0.3 is 0 Å². The molecule has 1 aromatic rings. The average Bonchev–Trinajstić information content (AvgIpc) is 2.73. The highest BCUT2D eigenvalue weighted by atomic mass is 32.2. The molecule has 0 saturated carbocycles. The fourth-order valence-electron chi connectivity index (χ4n) is 2.95. The zero-order valence-electron chi connectivity index (χ0n) is 9.58. The third-order valence-corrected chi connectivity index (χ3v) is 5.49. The van der Waals surface area contributed by atoms with Crippen molar-refractivity contribution in [2.45, 2.75) is 35.9 Å². The molecule has 2 heterocycles. The lowest BCUT2D eigenvalue weighted by atomic mass is 9.88. The highest BCUT2D eigenvalue weighted by Gasteiger charge is 2.45. The van der Waals surface area contributed by atoms with Gasteiger partial charge in [0, 0.05) is 16.9 Å². The topological polar surface area (TPSA) is 37.3 Å². The first-order valence-corrected chi connectivity index (χ1v) is 7.11. The van der Waals surface area contributed by atoms with Crippen LogP contribution in [0, 0.1) is 5.92 Å². The van der Waals surface area contributed by atoms with Crippen molar-refractivity contribution < 1.29 is 9.90 Å². The van der Waals surface area contributed by atoms with E-state index in [0.717, 1.165) is 18.4 Å². The summed E-state index contributed by atoms with van der Waals surface area (Å²) in [4.78, 5) is 12.1. The van der Waals surface area contributed by atoms with E-state index in [2.05, 4.69) is 0 Å². The molecule has 2 fully saturated rings. The molecule has 4 atom stereocenters. The standard InChI is InChI=1S/C14H16O2S/c15-11-8-10-6-7-12(17-10)13(11)14(16)9-4-2-1-3-5-9/h1-5,10,12-14,16H,6-8H2/t10?,12?,13?,14-/m1/s1. The SMILES string of the molecule is O=C1CC2CCC(S2)C1[C@H](O)c1ccccc1. The van der Waals surface area contributed by atoms with E-state index in [9.17, 15) is 9.90 Å². The molecule has 1 aromatic carbocycles. The van der Waals surface area contributed by atoms with Crippen molar-refractivity contribution in [3.8, 4) is 0 Å². The van der Waals surface area contributed by atoms with E-state index < -0.39 is 6.10 Å². The summed E-state index contributed by atoms with van der Waals surface area (Å²) in [6.07, 6.45) is 2.24. The Morgan fingerprint density at radius 3 is 2.76 bits per heavy atom. The smallest absolute Gasteiger partial charge is 0.141 e. The molecule has 0 spiro atoms. The zero-order chi connectivity index (χ0) is 11.8. The number of thioether (sulfide) groups is 1. The number of carbonyl (C=O) groups is 1. The van der Waals surface area contributed by atoms with Crippen LogP contribution in [0.25, 0.3) is 0 Å². The molecule has 0 amide bonds. The Morgan fingerprint density at radius 1 is 1.24 bits per heavy atom. The average molecular weight is 248 g/mol. The Morgan fingerprint density at radius 2 is 2.00 bits per heavy atom. The van der Waals surface area contributed by atoms with Crippen LogP contribution in [0.1, 0.15) is 30.9 Å². The molecule has 0 radical (unpaired) electrons. The normalized spacial score (nSPS) is 33.7. The molecule has 1 N–H and O–H groups in total. The lowest BCUT2D eigenvalue weighted by molar-refractivity contribution is -0.126. The highest BCUT2D eigenvalue weighted by Crippen LogP contribution is 2.48. The van der Waals surface area contributed by atoms with Gasteiger partial charge in [-0.15, -0.1) is 0 Å². The molecule has 90 valence electrons. The van der Waals surface area contributed by atoms with E-state index in [4.69, 9.17) is 0 Å². The molecular weight excluding hydrogens is 232 g/mol. The maximum absolute atomic E-state index is 12.1. The summed E-state index contributed by atoms with van der Waals surface area (Å²) in [5.41, 5.74) is 0.872. The zero-order valence-corrected chi connectivity index (χ0v) is 10.4. The Hall–Kier alpha value is -0.800. The summed E-state index contributed by atoms with van der Waals surface area (Å²) in [7, 11) is 0. The summed E-state index contributed by atoms with van der Waals surface area (Å²) >= 11 is 1.91. The van der Waals surface area contributed by atoms with Gasteiger partial charge in [-0.3, -0.25) is 4.79 Å². The summed E-state index contributed by atoms with van der Waals surface area (Å²) in [6, 6.07) is 9.57. The first-order valence-electron chi connectivity index (χ1n) is 6.17. The molecule has 3 rings (SSSR count). The fourth-order valence-corrected chi connectivity index (χ4v) is 4.72. The number of benzene rings is 1. The number of rotatable bonds is 2. The second-order valence-corrected chi connectivity index (χ2v) is 6.47. The van der Waals surface area contributed by atoms with Crippen LogP contribution in [-0.4, -0.2) is 21.4 Å². The van der Waals surface area contributed by atoms with Crippen LogP contribution in [0.3, 0.4) is 0 Å². The van der Waals surface area contributed by atoms with Gasteiger partial charge in [0.2, 0.25) is 0 Å². The number of aliphatic hydroxyl groups excluding tert-OH is 1. The molecule has 0 aliphatic carbocycles. The van der Waals surface area contributed by atoms with Gasteiger partial charge in [-0.1, -0.05) is 30.3 Å². The third-order valence-electron chi connectivity index (χ3n) is 3.82. The van der Waals surface area contributed by atoms with E-state index in [1.54, 1.807) is 0 Å². The monoisotopic (exact) mass is 248 g/mol. The minimum Gasteiger partial charge on any atom is -0.388 e. The van der Waals surface area contributed by atoms with Gasteiger partial charge in [0.05, 0.1) is 12.0 Å². The molecule has 17 heavy (non-hydrogen) atoms. The van der Waals surface area contributed by atoms with Crippen molar-refractivity contribution >= 4 is 17.5 Å². The Kier molecular flexibility index (Phi) is 2.97. The van der Waals surface area contributed by atoms with Crippen molar-refractivity contribution in [3.63, 3.8) is 0 Å². The highest BCUT2D eigenvalue weighted by molar-refractivity contribution is 8.00. The molecule has 2 bridgehead atoms. The van der Waals surface area contributed by atoms with Crippen molar-refractivity contribution in [3.05, 3.63) is 35.9 Å². The predicted molar refractivity (Wildman–Crippen MR) is 68.9 cm³/mol. The van der Waals surface area contributed by atoms with Crippen LogP contribution in [0.2, 0.25) is 0 Å². The molecular formula is C14H16O2S. The second-order valence-electron chi connectivity index (χ2n) is 4.93. The van der Waals surface area contributed by atoms with Crippen LogP contribution in [0.5, 0.6) is 0 Å². The second kappa shape index (κ2) is 4.46. The lowest BCUT2D eigenvalue weighted by Crippen LogP contribution is -2.34. The first-order chi connectivity index (χ1) is 8.25. The number of ketones is 1. The predicted octanol–water partition coefficient (Wildman–Crippen LogP) is 2.57. The molecule has 3 unspecified atom stereocenters. The van der Waals surface area contributed by atoms with Gasteiger partial charge in [0.1, 0.15) is 5.78 Å². The van der Waals surface area contributed by atoms with E-state index in [-0.39, 0.29) is 11.7 Å². The number of Topliss-reactive ketones (excluding diaryl/α,β-unsaturated/α-hetero) is 1. The molecule has 2 saturated heterocycles. The van der Waals surface area contributed by atoms with Crippen LogP contribution in [0.4, 0.5) is 0 Å². The maximum Gasteiger partial charge on any atom is 0.141 e. The van der Waals surface area contributed by atoms with E-state index in [1.165, 1.54) is 0 Å². The number of hydrogen-bond donors (Lipinski definition) is 1. The van der Waals surface area contributed by atoms with Crippen molar-refractivity contribution in [1.29, 1.82) is 0 Å². The van der Waals surface area contributed by atoms with Crippen molar-refractivity contribution in [1.82, 2.24) is 0 Å². The van der Waals surface area contributed by atoms with Crippen LogP contribution < -0.4 is 0 Å². The molecule has 2 aliphatic heterocycles. The Balaban J connectivity index is 1.85. The van der Waals surface area contributed by atoms with Gasteiger partial charge in [-0.25, -0.2) is 0 Å². The quantitative estimate of drug-likeness (QED) is 0.874. The van der Waals surface area contributed by atoms with E-state index in [1.807, 2.05) is 42.1 Å². The lowest BCUT2D eigenvalue weighted by Gasteiger charge is -2.31. The van der Waals surface area contributed by atoms with Gasteiger partial charge in [0.25, 0.3) is 0 Å². The Labute approximate surface area is 105 Å². The molecule has 2 nitrogen and oxygen atoms in total. The number of aliphatic hydroxyl groups is 1. The Bertz CT molecular complexity index is 417. The van der Waals surface area contributed by atoms with Gasteiger partial charge < -0.3 is 5.11 Å². The number of fused-ring (bicyclic) bond motifs is 2. The minimum absolute atomic E-state index is 0.193. The van der Waals surface area contributed by atoms with Crippen molar-refractivity contribution in [2.75, 3.05) is 0 Å². The van der Waals surface area contributed by atoms with Gasteiger partial charge in [0.15, 0.2) is 0 Å². The summed E-state index contributed by atoms with van der Waals surface area (Å²) in [5.74, 6) is 0.0637. The van der Waals surface area contributed by atoms with Gasteiger partial charge in [-0.2, -0.15) is 11.8 Å². The van der Waals surface area contributed by atoms with Crippen molar-refractivity contribution in [2.24, 2.45) is 5.92 Å². The van der Waals surface area contributed by atoms with Crippen LogP contribution >= 0.6 is 11.8 Å². The summed E-state index contributed by atoms with van der Waals surface area (Å²) in [5, 5.41) is 11.3. The molecule has 3 heteroatoms. The van der Waals surface area contributed by atoms with Crippen LogP contribution in [0.15, 0.2) is 30.3 Å². The number of carbonyl (C=O) groups excluding carboxylic acids is 1. The fraction of sp³-hybridized carbons (Fsp3) is 0.500.